The number of carbonyl (C=O) groups excluding carboxylic acids is 1. The maximum atomic E-state index is 13.0. The highest BCUT2D eigenvalue weighted by molar-refractivity contribution is 6.30. The molecule has 1 saturated carbocycles. The van der Waals surface area contributed by atoms with Gasteiger partial charge in [0.15, 0.2) is 0 Å². The van der Waals surface area contributed by atoms with Gasteiger partial charge >= 0.3 is 0 Å². The van der Waals surface area contributed by atoms with Gasteiger partial charge in [-0.05, 0) is 37.0 Å². The van der Waals surface area contributed by atoms with Crippen LogP contribution in [0.1, 0.15) is 24.8 Å². The van der Waals surface area contributed by atoms with Crippen LogP contribution in [0, 0.1) is 12.3 Å². The fourth-order valence-electron chi connectivity index (χ4n) is 3.28. The zero-order chi connectivity index (χ0) is 15.6. The summed E-state index contributed by atoms with van der Waals surface area (Å²) < 4.78 is 0. The largest absolute Gasteiger partial charge is 0.341 e. The molecule has 2 fully saturated rings. The van der Waals surface area contributed by atoms with Gasteiger partial charge in [0.05, 0.1) is 12.0 Å². The number of terminal acetylenes is 1. The zero-order valence-electron chi connectivity index (χ0n) is 12.7. The molecule has 3 rings (SSSR count). The summed E-state index contributed by atoms with van der Waals surface area (Å²) in [5.41, 5.74) is 0.804. The van der Waals surface area contributed by atoms with Crippen LogP contribution in [0.3, 0.4) is 0 Å². The lowest BCUT2D eigenvalue weighted by Gasteiger charge is -2.26. The molecule has 116 valence electrons. The van der Waals surface area contributed by atoms with Gasteiger partial charge in [-0.1, -0.05) is 29.7 Å². The Bertz CT molecular complexity index is 586. The van der Waals surface area contributed by atoms with E-state index >= 15 is 0 Å². The van der Waals surface area contributed by atoms with Crippen LogP contribution in [0.25, 0.3) is 0 Å². The summed E-state index contributed by atoms with van der Waals surface area (Å²) in [4.78, 5) is 17.3. The standard InChI is InChI=1S/C18H21ClN2O/c1-2-10-20-11-3-12-21(14-13-20)17(22)18(8-9-18)15-4-6-16(19)7-5-15/h1,4-7H,3,8-14H2. The Morgan fingerprint density at radius 2 is 1.91 bits per heavy atom. The second-order valence-corrected chi connectivity index (χ2v) is 6.65. The van der Waals surface area contributed by atoms with E-state index in [0.29, 0.717) is 11.6 Å². The van der Waals surface area contributed by atoms with E-state index in [-0.39, 0.29) is 11.3 Å². The molecule has 1 saturated heterocycles. The van der Waals surface area contributed by atoms with Crippen LogP contribution in [0.5, 0.6) is 0 Å². The molecule has 4 heteroatoms. The molecule has 1 aromatic carbocycles. The predicted molar refractivity (Wildman–Crippen MR) is 88.8 cm³/mol. The smallest absolute Gasteiger partial charge is 0.233 e. The van der Waals surface area contributed by atoms with Crippen LogP contribution in [0.2, 0.25) is 5.02 Å². The Labute approximate surface area is 137 Å². The molecule has 0 aromatic heterocycles. The average molecular weight is 317 g/mol. The first-order valence-electron chi connectivity index (χ1n) is 7.87. The van der Waals surface area contributed by atoms with Crippen LogP contribution in [-0.4, -0.2) is 48.4 Å². The number of amides is 1. The van der Waals surface area contributed by atoms with Crippen molar-refractivity contribution in [3.05, 3.63) is 34.9 Å². The normalized spacial score (nSPS) is 21.0. The summed E-state index contributed by atoms with van der Waals surface area (Å²) >= 11 is 5.96. The number of nitrogens with zero attached hydrogens (tertiary/aromatic N) is 2. The minimum atomic E-state index is -0.300. The molecule has 0 radical (unpaired) electrons. The van der Waals surface area contributed by atoms with E-state index in [0.717, 1.165) is 51.0 Å². The molecule has 2 aliphatic rings. The van der Waals surface area contributed by atoms with Crippen molar-refractivity contribution in [2.24, 2.45) is 0 Å². The van der Waals surface area contributed by atoms with Crippen molar-refractivity contribution in [1.82, 2.24) is 9.80 Å². The summed E-state index contributed by atoms with van der Waals surface area (Å²) in [6, 6.07) is 7.74. The summed E-state index contributed by atoms with van der Waals surface area (Å²) in [5, 5.41) is 0.715. The van der Waals surface area contributed by atoms with E-state index < -0.39 is 0 Å². The average Bonchev–Trinajstić information content (AvgIpc) is 3.33. The summed E-state index contributed by atoms with van der Waals surface area (Å²) in [5.74, 6) is 2.97. The minimum Gasteiger partial charge on any atom is -0.341 e. The van der Waals surface area contributed by atoms with Gasteiger partial charge in [-0.2, -0.15) is 0 Å². The molecular weight excluding hydrogens is 296 g/mol. The molecular formula is C18H21ClN2O. The van der Waals surface area contributed by atoms with Crippen LogP contribution >= 0.6 is 11.6 Å². The quantitative estimate of drug-likeness (QED) is 0.800. The van der Waals surface area contributed by atoms with E-state index in [4.69, 9.17) is 18.0 Å². The second-order valence-electron chi connectivity index (χ2n) is 6.22. The second kappa shape index (κ2) is 6.32. The molecule has 0 atom stereocenters. The molecule has 1 aromatic rings. The monoisotopic (exact) mass is 316 g/mol. The number of halogens is 1. The highest BCUT2D eigenvalue weighted by Crippen LogP contribution is 2.49. The van der Waals surface area contributed by atoms with Crippen molar-refractivity contribution in [1.29, 1.82) is 0 Å². The molecule has 0 unspecified atom stereocenters. The molecule has 22 heavy (non-hydrogen) atoms. The molecule has 0 spiro atoms. The third kappa shape index (κ3) is 2.99. The zero-order valence-corrected chi connectivity index (χ0v) is 13.5. The Morgan fingerprint density at radius 1 is 1.18 bits per heavy atom. The Morgan fingerprint density at radius 3 is 2.55 bits per heavy atom. The third-order valence-corrected chi connectivity index (χ3v) is 5.00. The van der Waals surface area contributed by atoms with Crippen LogP contribution in [0.4, 0.5) is 0 Å². The fourth-order valence-corrected chi connectivity index (χ4v) is 3.41. The minimum absolute atomic E-state index is 0.275. The SMILES string of the molecule is C#CCN1CCCN(C(=O)C2(c3ccc(Cl)cc3)CC2)CC1. The maximum absolute atomic E-state index is 13.0. The van der Waals surface area contributed by atoms with Crippen molar-refractivity contribution in [2.45, 2.75) is 24.7 Å². The van der Waals surface area contributed by atoms with E-state index in [2.05, 4.69) is 10.8 Å². The number of benzene rings is 1. The highest BCUT2D eigenvalue weighted by atomic mass is 35.5. The van der Waals surface area contributed by atoms with Crippen molar-refractivity contribution >= 4 is 17.5 Å². The van der Waals surface area contributed by atoms with Crippen molar-refractivity contribution in [3.8, 4) is 12.3 Å². The fraction of sp³-hybridized carbons (Fsp3) is 0.500. The summed E-state index contributed by atoms with van der Waals surface area (Å²) in [6.07, 6.45) is 8.26. The molecule has 1 aliphatic carbocycles. The topological polar surface area (TPSA) is 23.6 Å². The number of hydrogen-bond acceptors (Lipinski definition) is 2. The molecule has 1 amide bonds. The molecule has 3 nitrogen and oxygen atoms in total. The predicted octanol–water partition coefficient (Wildman–Crippen LogP) is 2.54. The lowest BCUT2D eigenvalue weighted by Crippen LogP contribution is -2.41. The van der Waals surface area contributed by atoms with Gasteiger partial charge in [0.25, 0.3) is 0 Å². The lowest BCUT2D eigenvalue weighted by atomic mass is 9.94. The summed E-state index contributed by atoms with van der Waals surface area (Å²) in [7, 11) is 0. The molecule has 1 heterocycles. The summed E-state index contributed by atoms with van der Waals surface area (Å²) in [6.45, 7) is 4.12. The molecule has 1 aliphatic heterocycles. The number of carbonyl (C=O) groups is 1. The Hall–Kier alpha value is -1.50. The molecule has 0 N–H and O–H groups in total. The Balaban J connectivity index is 1.71. The first-order chi connectivity index (χ1) is 10.7. The van der Waals surface area contributed by atoms with Gasteiger partial charge in [-0.3, -0.25) is 9.69 Å². The van der Waals surface area contributed by atoms with Gasteiger partial charge < -0.3 is 4.90 Å². The number of hydrogen-bond donors (Lipinski definition) is 0. The molecule has 0 bridgehead atoms. The Kier molecular flexibility index (Phi) is 4.42. The maximum Gasteiger partial charge on any atom is 0.233 e. The van der Waals surface area contributed by atoms with E-state index in [1.54, 1.807) is 0 Å². The number of rotatable bonds is 3. The lowest BCUT2D eigenvalue weighted by molar-refractivity contribution is -0.133. The van der Waals surface area contributed by atoms with Crippen molar-refractivity contribution < 1.29 is 4.79 Å². The van der Waals surface area contributed by atoms with Gasteiger partial charge in [0, 0.05) is 31.2 Å². The van der Waals surface area contributed by atoms with E-state index in [9.17, 15) is 4.79 Å². The first-order valence-corrected chi connectivity index (χ1v) is 8.25. The van der Waals surface area contributed by atoms with Crippen molar-refractivity contribution in [3.63, 3.8) is 0 Å². The van der Waals surface area contributed by atoms with Crippen LogP contribution < -0.4 is 0 Å². The van der Waals surface area contributed by atoms with E-state index in [1.165, 1.54) is 0 Å². The van der Waals surface area contributed by atoms with Crippen LogP contribution in [0.15, 0.2) is 24.3 Å². The van der Waals surface area contributed by atoms with Gasteiger partial charge in [-0.15, -0.1) is 6.42 Å². The first kappa shape index (κ1) is 15.4. The highest BCUT2D eigenvalue weighted by Gasteiger charge is 2.52. The van der Waals surface area contributed by atoms with Gasteiger partial charge in [-0.25, -0.2) is 0 Å². The van der Waals surface area contributed by atoms with Crippen molar-refractivity contribution in [2.75, 3.05) is 32.7 Å². The van der Waals surface area contributed by atoms with Gasteiger partial charge in [0.2, 0.25) is 5.91 Å². The van der Waals surface area contributed by atoms with E-state index in [1.807, 2.05) is 29.2 Å². The third-order valence-electron chi connectivity index (χ3n) is 4.75. The van der Waals surface area contributed by atoms with Gasteiger partial charge in [0.1, 0.15) is 0 Å². The van der Waals surface area contributed by atoms with Crippen LogP contribution in [-0.2, 0) is 10.2 Å².